The van der Waals surface area contributed by atoms with Crippen LogP contribution in [0.3, 0.4) is 0 Å². The van der Waals surface area contributed by atoms with Crippen molar-refractivity contribution in [3.8, 4) is 0 Å². The van der Waals surface area contributed by atoms with E-state index in [0.717, 1.165) is 12.8 Å². The van der Waals surface area contributed by atoms with E-state index < -0.39 is 0 Å². The molecule has 0 saturated carbocycles. The van der Waals surface area contributed by atoms with Gasteiger partial charge in [-0.3, -0.25) is 0 Å². The second kappa shape index (κ2) is 14.5. The molecule has 0 aromatic rings. The highest BCUT2D eigenvalue weighted by molar-refractivity contribution is 4.72. The van der Waals surface area contributed by atoms with E-state index in [1.54, 1.807) is 0 Å². The molecule has 0 rings (SSSR count). The number of unbranched alkanes of at least 4 members (excludes halogenated alkanes) is 11. The van der Waals surface area contributed by atoms with E-state index in [0.29, 0.717) is 6.42 Å². The maximum absolute atomic E-state index is 9.97. The van der Waals surface area contributed by atoms with E-state index in [2.05, 4.69) is 6.92 Å². The molecule has 0 aromatic heterocycles. The Morgan fingerprint density at radius 3 is 1.55 bits per heavy atom. The first-order valence-electron chi connectivity index (χ1n) is 9.81. The first-order chi connectivity index (χ1) is 10.5. The van der Waals surface area contributed by atoms with E-state index >= 15 is 0 Å². The van der Waals surface area contributed by atoms with Gasteiger partial charge in [-0.25, -0.2) is 0 Å². The molecule has 1 atom stereocenters. The maximum atomic E-state index is 9.97. The van der Waals surface area contributed by atoms with Crippen molar-refractivity contribution in [1.82, 2.24) is 0 Å². The highest BCUT2D eigenvalue weighted by Gasteiger charge is 2.20. The van der Waals surface area contributed by atoms with Crippen LogP contribution in [0.2, 0.25) is 0 Å². The number of aliphatic hydroxyl groups is 2. The molecule has 0 fully saturated rings. The van der Waals surface area contributed by atoms with Crippen LogP contribution in [0.4, 0.5) is 0 Å². The first kappa shape index (κ1) is 21.9. The molecule has 0 bridgehead atoms. The van der Waals surface area contributed by atoms with Crippen molar-refractivity contribution in [3.05, 3.63) is 0 Å². The summed E-state index contributed by atoms with van der Waals surface area (Å²) in [5.74, 6) is 0. The number of hydrogen-bond donors (Lipinski definition) is 2. The van der Waals surface area contributed by atoms with Crippen molar-refractivity contribution in [3.63, 3.8) is 0 Å². The van der Waals surface area contributed by atoms with Crippen LogP contribution in [0.1, 0.15) is 111 Å². The smallest absolute Gasteiger partial charge is 0.0546 e. The van der Waals surface area contributed by atoms with Crippen LogP contribution in [0.25, 0.3) is 0 Å². The summed E-state index contributed by atoms with van der Waals surface area (Å²) in [7, 11) is 0. The standard InChI is InChI=1S/C20H42O2/c1-4-5-6-7-8-9-10-11-12-13-14-15-16-19(22)17-20(2,3)18-21/h19,21-22H,4-18H2,1-3H3. The molecular formula is C20H42O2. The monoisotopic (exact) mass is 314 g/mol. The molecule has 22 heavy (non-hydrogen) atoms. The summed E-state index contributed by atoms with van der Waals surface area (Å²) in [4.78, 5) is 0. The quantitative estimate of drug-likeness (QED) is 0.351. The van der Waals surface area contributed by atoms with Gasteiger partial charge in [0.2, 0.25) is 0 Å². The van der Waals surface area contributed by atoms with E-state index in [-0.39, 0.29) is 18.1 Å². The molecule has 1 unspecified atom stereocenters. The zero-order valence-corrected chi connectivity index (χ0v) is 15.6. The minimum Gasteiger partial charge on any atom is -0.396 e. The Hall–Kier alpha value is -0.0800. The van der Waals surface area contributed by atoms with Crippen molar-refractivity contribution in [1.29, 1.82) is 0 Å². The average Bonchev–Trinajstić information content (AvgIpc) is 2.48. The van der Waals surface area contributed by atoms with Gasteiger partial charge in [-0.05, 0) is 18.3 Å². The third-order valence-electron chi connectivity index (χ3n) is 4.61. The molecule has 134 valence electrons. The minimum atomic E-state index is -0.245. The SMILES string of the molecule is CCCCCCCCCCCCCCC(O)CC(C)(C)CO. The number of aliphatic hydroxyl groups excluding tert-OH is 2. The van der Waals surface area contributed by atoms with Crippen LogP contribution in [0.5, 0.6) is 0 Å². The first-order valence-corrected chi connectivity index (χ1v) is 9.81. The third kappa shape index (κ3) is 14.8. The van der Waals surface area contributed by atoms with Crippen LogP contribution in [0, 0.1) is 5.41 Å². The predicted octanol–water partition coefficient (Wildman–Crippen LogP) is 5.85. The zero-order valence-electron chi connectivity index (χ0n) is 15.6. The van der Waals surface area contributed by atoms with E-state index in [4.69, 9.17) is 0 Å². The molecule has 0 amide bonds. The largest absolute Gasteiger partial charge is 0.396 e. The highest BCUT2D eigenvalue weighted by Crippen LogP contribution is 2.23. The van der Waals surface area contributed by atoms with Crippen molar-refractivity contribution >= 4 is 0 Å². The van der Waals surface area contributed by atoms with Gasteiger partial charge in [0.15, 0.2) is 0 Å². The molecule has 0 saturated heterocycles. The molecule has 2 heteroatoms. The fraction of sp³-hybridized carbons (Fsp3) is 1.00. The van der Waals surface area contributed by atoms with Gasteiger partial charge in [0.1, 0.15) is 0 Å². The van der Waals surface area contributed by atoms with Crippen molar-refractivity contribution in [2.75, 3.05) is 6.61 Å². The van der Waals surface area contributed by atoms with Gasteiger partial charge in [0, 0.05) is 6.61 Å². The van der Waals surface area contributed by atoms with Crippen LogP contribution in [-0.2, 0) is 0 Å². The molecular weight excluding hydrogens is 272 g/mol. The molecule has 0 aliphatic heterocycles. The van der Waals surface area contributed by atoms with Gasteiger partial charge in [0.05, 0.1) is 6.10 Å². The lowest BCUT2D eigenvalue weighted by molar-refractivity contribution is 0.0665. The lowest BCUT2D eigenvalue weighted by Crippen LogP contribution is -2.24. The van der Waals surface area contributed by atoms with Crippen LogP contribution in [0.15, 0.2) is 0 Å². The fourth-order valence-electron chi connectivity index (χ4n) is 3.03. The molecule has 0 heterocycles. The van der Waals surface area contributed by atoms with E-state index in [1.165, 1.54) is 70.6 Å². The van der Waals surface area contributed by atoms with E-state index in [9.17, 15) is 10.2 Å². The molecule has 2 N–H and O–H groups in total. The molecule has 0 aromatic carbocycles. The van der Waals surface area contributed by atoms with Gasteiger partial charge >= 0.3 is 0 Å². The summed E-state index contributed by atoms with van der Waals surface area (Å²) < 4.78 is 0. The average molecular weight is 315 g/mol. The number of hydrogen-bond acceptors (Lipinski definition) is 2. The second-order valence-electron chi connectivity index (χ2n) is 7.86. The third-order valence-corrected chi connectivity index (χ3v) is 4.61. The van der Waals surface area contributed by atoms with Crippen LogP contribution >= 0.6 is 0 Å². The number of rotatable bonds is 16. The van der Waals surface area contributed by atoms with Crippen LogP contribution < -0.4 is 0 Å². The van der Waals surface area contributed by atoms with Gasteiger partial charge in [-0.2, -0.15) is 0 Å². The molecule has 0 spiro atoms. The maximum Gasteiger partial charge on any atom is 0.0546 e. The Morgan fingerprint density at radius 1 is 0.727 bits per heavy atom. The zero-order chi connectivity index (χ0) is 16.7. The fourth-order valence-corrected chi connectivity index (χ4v) is 3.03. The molecule has 2 nitrogen and oxygen atoms in total. The summed E-state index contributed by atoms with van der Waals surface area (Å²) in [6, 6.07) is 0. The summed E-state index contributed by atoms with van der Waals surface area (Å²) in [5.41, 5.74) is -0.142. The minimum absolute atomic E-state index is 0.142. The topological polar surface area (TPSA) is 40.5 Å². The van der Waals surface area contributed by atoms with Crippen molar-refractivity contribution in [2.45, 2.75) is 117 Å². The predicted molar refractivity (Wildman–Crippen MR) is 97.2 cm³/mol. The molecule has 0 radical (unpaired) electrons. The van der Waals surface area contributed by atoms with Gasteiger partial charge < -0.3 is 10.2 Å². The molecule has 0 aliphatic rings. The summed E-state index contributed by atoms with van der Waals surface area (Å²) in [6.45, 7) is 6.45. The summed E-state index contributed by atoms with van der Waals surface area (Å²) >= 11 is 0. The Morgan fingerprint density at radius 2 is 1.14 bits per heavy atom. The van der Waals surface area contributed by atoms with Crippen LogP contribution in [-0.4, -0.2) is 22.9 Å². The summed E-state index contributed by atoms with van der Waals surface area (Å²) in [5, 5.41) is 19.2. The Balaban J connectivity index is 3.23. The van der Waals surface area contributed by atoms with Gasteiger partial charge in [-0.1, -0.05) is 97.8 Å². The lowest BCUT2D eigenvalue weighted by atomic mass is 9.86. The Bertz CT molecular complexity index is 226. The Kier molecular flexibility index (Phi) is 14.5. The second-order valence-corrected chi connectivity index (χ2v) is 7.86. The lowest BCUT2D eigenvalue weighted by Gasteiger charge is -2.24. The highest BCUT2D eigenvalue weighted by atomic mass is 16.3. The Labute approximate surface area is 139 Å². The van der Waals surface area contributed by atoms with Crippen molar-refractivity contribution < 1.29 is 10.2 Å². The van der Waals surface area contributed by atoms with Gasteiger partial charge in [0.25, 0.3) is 0 Å². The van der Waals surface area contributed by atoms with E-state index in [1.807, 2.05) is 13.8 Å². The summed E-state index contributed by atoms with van der Waals surface area (Å²) in [6.07, 6.45) is 17.6. The van der Waals surface area contributed by atoms with Gasteiger partial charge in [-0.15, -0.1) is 0 Å². The van der Waals surface area contributed by atoms with Crippen molar-refractivity contribution in [2.24, 2.45) is 5.41 Å². The normalized spacial score (nSPS) is 13.5. The molecule has 0 aliphatic carbocycles.